The Labute approximate surface area is 107 Å². The molecule has 0 spiro atoms. The van der Waals surface area contributed by atoms with E-state index >= 15 is 0 Å². The highest BCUT2D eigenvalue weighted by molar-refractivity contribution is 7.89. The molecule has 0 aliphatic carbocycles. The number of hydrogen-bond donors (Lipinski definition) is 2. The Morgan fingerprint density at radius 3 is 2.18 bits per heavy atom. The van der Waals surface area contributed by atoms with Crippen molar-refractivity contribution in [2.45, 2.75) is 18.7 Å². The average molecular weight is 278 g/mol. The maximum Gasteiger partial charge on any atom is 0.254 e. The van der Waals surface area contributed by atoms with Gasteiger partial charge in [-0.15, -0.1) is 4.83 Å². The summed E-state index contributed by atoms with van der Waals surface area (Å²) >= 11 is 5.70. The molecular weight excluding hydrogens is 262 g/mol. The fraction of sp³-hybridized carbons (Fsp3) is 0.400. The molecule has 1 aromatic rings. The summed E-state index contributed by atoms with van der Waals surface area (Å²) in [6, 6.07) is 5.98. The van der Waals surface area contributed by atoms with Crippen LogP contribution in [-0.2, 0) is 10.0 Å². The quantitative estimate of drug-likeness (QED) is 0.771. The van der Waals surface area contributed by atoms with Gasteiger partial charge in [-0.25, -0.2) is 13.4 Å². The average Bonchev–Trinajstić information content (AvgIpc) is 2.31. The molecule has 0 radical (unpaired) electrons. The van der Waals surface area contributed by atoms with E-state index in [2.05, 4.69) is 10.4 Å². The Morgan fingerprint density at radius 2 is 1.71 bits per heavy atom. The molecule has 0 saturated heterocycles. The van der Waals surface area contributed by atoms with Crippen molar-refractivity contribution < 1.29 is 8.42 Å². The lowest BCUT2D eigenvalue weighted by Crippen LogP contribution is -2.49. The van der Waals surface area contributed by atoms with E-state index in [0.29, 0.717) is 18.1 Å². The zero-order valence-corrected chi connectivity index (χ0v) is 11.3. The van der Waals surface area contributed by atoms with Gasteiger partial charge in [0.15, 0.2) is 0 Å². The first kappa shape index (κ1) is 14.4. The summed E-state index contributed by atoms with van der Waals surface area (Å²) in [6.07, 6.45) is 0. The lowest BCUT2D eigenvalue weighted by molar-refractivity contribution is 0.194. The number of hydrogen-bond acceptors (Lipinski definition) is 4. The van der Waals surface area contributed by atoms with Crippen molar-refractivity contribution in [1.82, 2.24) is 15.4 Å². The minimum atomic E-state index is -3.55. The Balaban J connectivity index is 2.72. The molecule has 2 N–H and O–H groups in total. The minimum absolute atomic E-state index is 0.168. The van der Waals surface area contributed by atoms with E-state index in [9.17, 15) is 8.42 Å². The van der Waals surface area contributed by atoms with Gasteiger partial charge in [-0.3, -0.25) is 0 Å². The van der Waals surface area contributed by atoms with Crippen molar-refractivity contribution >= 4 is 21.6 Å². The van der Waals surface area contributed by atoms with Gasteiger partial charge >= 0.3 is 0 Å². The fourth-order valence-corrected chi connectivity index (χ4v) is 2.17. The first-order chi connectivity index (χ1) is 7.99. The Morgan fingerprint density at radius 1 is 1.18 bits per heavy atom. The van der Waals surface area contributed by atoms with Crippen molar-refractivity contribution in [3.8, 4) is 0 Å². The second-order valence-corrected chi connectivity index (χ2v) is 5.46. The van der Waals surface area contributed by atoms with Gasteiger partial charge in [0.25, 0.3) is 10.0 Å². The summed E-state index contributed by atoms with van der Waals surface area (Å²) in [4.78, 5) is 2.47. The molecule has 7 heteroatoms. The largest absolute Gasteiger partial charge is 0.254 e. The SMILES string of the molecule is CCN(CC)NNS(=O)(=O)c1ccc(Cl)cc1. The van der Waals surface area contributed by atoms with Gasteiger partial charge in [0.2, 0.25) is 0 Å². The number of hydrazine groups is 2. The summed E-state index contributed by atoms with van der Waals surface area (Å²) in [7, 11) is -3.55. The molecule has 17 heavy (non-hydrogen) atoms. The zero-order chi connectivity index (χ0) is 12.9. The molecule has 0 saturated carbocycles. The highest BCUT2D eigenvalue weighted by Gasteiger charge is 2.13. The topological polar surface area (TPSA) is 61.4 Å². The summed E-state index contributed by atoms with van der Waals surface area (Å²) in [6.45, 7) is 5.24. The van der Waals surface area contributed by atoms with Crippen molar-refractivity contribution in [2.75, 3.05) is 13.1 Å². The molecular formula is C10H16ClN3O2S. The van der Waals surface area contributed by atoms with Crippen LogP contribution in [-0.4, -0.2) is 26.5 Å². The minimum Gasteiger partial charge on any atom is -0.231 e. The highest BCUT2D eigenvalue weighted by atomic mass is 35.5. The molecule has 1 aromatic carbocycles. The first-order valence-corrected chi connectivity index (χ1v) is 7.13. The normalized spacial score (nSPS) is 12.0. The number of nitrogens with one attached hydrogen (secondary N) is 2. The van der Waals surface area contributed by atoms with Crippen LogP contribution in [0.5, 0.6) is 0 Å². The Kier molecular flexibility index (Phi) is 5.35. The van der Waals surface area contributed by atoms with Gasteiger partial charge < -0.3 is 0 Å². The molecule has 96 valence electrons. The Bertz CT molecular complexity index is 443. The standard InChI is InChI=1S/C10H16ClN3O2S/c1-3-14(4-2)12-13-17(15,16)10-7-5-9(11)6-8-10/h5-8,12-13H,3-4H2,1-2H3. The van der Waals surface area contributed by atoms with E-state index in [4.69, 9.17) is 11.6 Å². The van der Waals surface area contributed by atoms with E-state index < -0.39 is 10.0 Å². The number of sulfonamides is 1. The third-order valence-corrected chi connectivity index (χ3v) is 3.73. The third kappa shape index (κ3) is 4.25. The van der Waals surface area contributed by atoms with Crippen molar-refractivity contribution in [3.63, 3.8) is 0 Å². The monoisotopic (exact) mass is 277 g/mol. The van der Waals surface area contributed by atoms with Crippen LogP contribution in [0.4, 0.5) is 0 Å². The second kappa shape index (κ2) is 6.32. The first-order valence-electron chi connectivity index (χ1n) is 5.27. The molecule has 0 aliphatic heterocycles. The fourth-order valence-electron chi connectivity index (χ4n) is 1.18. The number of benzene rings is 1. The summed E-state index contributed by atoms with van der Waals surface area (Å²) in [5.41, 5.74) is 2.63. The van der Waals surface area contributed by atoms with E-state index in [1.165, 1.54) is 24.3 Å². The molecule has 1 rings (SSSR count). The van der Waals surface area contributed by atoms with E-state index in [-0.39, 0.29) is 4.90 Å². The van der Waals surface area contributed by atoms with Crippen molar-refractivity contribution in [3.05, 3.63) is 29.3 Å². The molecule has 5 nitrogen and oxygen atoms in total. The molecule has 0 aliphatic rings. The van der Waals surface area contributed by atoms with E-state index in [0.717, 1.165) is 0 Å². The maximum absolute atomic E-state index is 11.8. The number of halogens is 1. The molecule has 0 bridgehead atoms. The van der Waals surface area contributed by atoms with Gasteiger partial charge in [-0.05, 0) is 24.3 Å². The second-order valence-electron chi connectivity index (χ2n) is 3.34. The van der Waals surface area contributed by atoms with Crippen LogP contribution in [0, 0.1) is 0 Å². The van der Waals surface area contributed by atoms with Crippen molar-refractivity contribution in [1.29, 1.82) is 0 Å². The third-order valence-electron chi connectivity index (χ3n) is 2.23. The lowest BCUT2D eigenvalue weighted by atomic mass is 10.4. The predicted molar refractivity (Wildman–Crippen MR) is 67.8 cm³/mol. The molecule has 0 amide bonds. The van der Waals surface area contributed by atoms with Gasteiger partial charge in [0.05, 0.1) is 4.90 Å². The van der Waals surface area contributed by atoms with Crippen LogP contribution in [0.3, 0.4) is 0 Å². The van der Waals surface area contributed by atoms with Crippen LogP contribution in [0.15, 0.2) is 29.2 Å². The lowest BCUT2D eigenvalue weighted by Gasteiger charge is -2.19. The van der Waals surface area contributed by atoms with Crippen LogP contribution in [0.25, 0.3) is 0 Å². The van der Waals surface area contributed by atoms with Crippen molar-refractivity contribution in [2.24, 2.45) is 0 Å². The molecule has 0 heterocycles. The van der Waals surface area contributed by atoms with Crippen LogP contribution in [0.1, 0.15) is 13.8 Å². The highest BCUT2D eigenvalue weighted by Crippen LogP contribution is 2.13. The summed E-state index contributed by atoms with van der Waals surface area (Å²) < 4.78 is 23.7. The summed E-state index contributed by atoms with van der Waals surface area (Å²) in [5.74, 6) is 0. The summed E-state index contributed by atoms with van der Waals surface area (Å²) in [5, 5.41) is 2.23. The number of rotatable bonds is 6. The smallest absolute Gasteiger partial charge is 0.231 e. The van der Waals surface area contributed by atoms with Crippen LogP contribution >= 0.6 is 11.6 Å². The molecule has 0 atom stereocenters. The Hall–Kier alpha value is -0.660. The molecule has 0 fully saturated rings. The van der Waals surface area contributed by atoms with Gasteiger partial charge in [0, 0.05) is 18.1 Å². The van der Waals surface area contributed by atoms with E-state index in [1.54, 1.807) is 5.01 Å². The van der Waals surface area contributed by atoms with Gasteiger partial charge in [-0.2, -0.15) is 5.53 Å². The number of nitrogens with zero attached hydrogens (tertiary/aromatic N) is 1. The molecule has 0 aromatic heterocycles. The van der Waals surface area contributed by atoms with E-state index in [1.807, 2.05) is 13.8 Å². The van der Waals surface area contributed by atoms with Gasteiger partial charge in [-0.1, -0.05) is 25.4 Å². The van der Waals surface area contributed by atoms with Crippen LogP contribution < -0.4 is 10.4 Å². The maximum atomic E-state index is 11.8. The van der Waals surface area contributed by atoms with Gasteiger partial charge in [0.1, 0.15) is 0 Å². The molecule has 0 unspecified atom stereocenters. The zero-order valence-electron chi connectivity index (χ0n) is 9.77. The predicted octanol–water partition coefficient (Wildman–Crippen LogP) is 1.38. The van der Waals surface area contributed by atoms with Crippen LogP contribution in [0.2, 0.25) is 5.02 Å².